The fourth-order valence-electron chi connectivity index (χ4n) is 2.27. The van der Waals surface area contributed by atoms with Crippen LogP contribution in [0.15, 0.2) is 0 Å². The van der Waals surface area contributed by atoms with Gasteiger partial charge in [-0.15, -0.1) is 0 Å². The standard InChI is InChI=1S/C10H21NO3/c1-9(2,12)7-5-11(4)6-8(7)10(3,13)14/h7-8,12-14H,5-6H2,1-4H3. The van der Waals surface area contributed by atoms with E-state index in [1.165, 1.54) is 6.92 Å². The Morgan fingerprint density at radius 1 is 1.00 bits per heavy atom. The van der Waals surface area contributed by atoms with Gasteiger partial charge < -0.3 is 20.2 Å². The van der Waals surface area contributed by atoms with E-state index in [9.17, 15) is 15.3 Å². The molecule has 0 aromatic carbocycles. The number of hydrogen-bond donors (Lipinski definition) is 3. The lowest BCUT2D eigenvalue weighted by molar-refractivity contribution is -0.203. The molecule has 1 aliphatic heterocycles. The Morgan fingerprint density at radius 3 is 1.71 bits per heavy atom. The zero-order chi connectivity index (χ0) is 11.1. The summed E-state index contributed by atoms with van der Waals surface area (Å²) in [5, 5.41) is 29.1. The van der Waals surface area contributed by atoms with E-state index in [2.05, 4.69) is 0 Å². The first-order valence-electron chi connectivity index (χ1n) is 4.98. The lowest BCUT2D eigenvalue weighted by Crippen LogP contribution is -2.46. The van der Waals surface area contributed by atoms with E-state index in [0.29, 0.717) is 13.1 Å². The van der Waals surface area contributed by atoms with Crippen LogP contribution < -0.4 is 0 Å². The van der Waals surface area contributed by atoms with Crippen LogP contribution in [0.3, 0.4) is 0 Å². The van der Waals surface area contributed by atoms with Gasteiger partial charge >= 0.3 is 0 Å². The van der Waals surface area contributed by atoms with E-state index in [1.54, 1.807) is 13.8 Å². The average molecular weight is 203 g/mol. The molecule has 0 amide bonds. The fourth-order valence-corrected chi connectivity index (χ4v) is 2.27. The van der Waals surface area contributed by atoms with Crippen molar-refractivity contribution in [2.45, 2.75) is 32.2 Å². The highest BCUT2D eigenvalue weighted by molar-refractivity contribution is 4.95. The lowest BCUT2D eigenvalue weighted by Gasteiger charge is -2.35. The molecular weight excluding hydrogens is 182 g/mol. The highest BCUT2D eigenvalue weighted by Crippen LogP contribution is 2.36. The number of rotatable bonds is 2. The summed E-state index contributed by atoms with van der Waals surface area (Å²) in [6, 6.07) is 0. The smallest absolute Gasteiger partial charge is 0.164 e. The molecule has 0 spiro atoms. The van der Waals surface area contributed by atoms with E-state index in [0.717, 1.165) is 0 Å². The summed E-state index contributed by atoms with van der Waals surface area (Å²) in [6.07, 6.45) is 0. The van der Waals surface area contributed by atoms with E-state index in [4.69, 9.17) is 0 Å². The summed E-state index contributed by atoms with van der Waals surface area (Å²) >= 11 is 0. The molecule has 0 bridgehead atoms. The van der Waals surface area contributed by atoms with Crippen molar-refractivity contribution < 1.29 is 15.3 Å². The van der Waals surface area contributed by atoms with Crippen LogP contribution in [0.25, 0.3) is 0 Å². The first kappa shape index (κ1) is 11.9. The van der Waals surface area contributed by atoms with E-state index < -0.39 is 11.4 Å². The van der Waals surface area contributed by atoms with Crippen molar-refractivity contribution in [2.75, 3.05) is 20.1 Å². The van der Waals surface area contributed by atoms with E-state index >= 15 is 0 Å². The van der Waals surface area contributed by atoms with Crippen molar-refractivity contribution >= 4 is 0 Å². The first-order chi connectivity index (χ1) is 6.12. The van der Waals surface area contributed by atoms with Crippen LogP contribution in [0.5, 0.6) is 0 Å². The minimum Gasteiger partial charge on any atom is -0.390 e. The predicted molar refractivity (Wildman–Crippen MR) is 53.6 cm³/mol. The first-order valence-corrected chi connectivity index (χ1v) is 4.98. The van der Waals surface area contributed by atoms with Gasteiger partial charge in [-0.1, -0.05) is 0 Å². The monoisotopic (exact) mass is 203 g/mol. The SMILES string of the molecule is CN1CC(C(C)(C)O)C(C(C)(O)O)C1. The van der Waals surface area contributed by atoms with Crippen molar-refractivity contribution in [1.29, 1.82) is 0 Å². The maximum absolute atomic E-state index is 9.92. The molecule has 1 rings (SSSR count). The molecule has 3 N–H and O–H groups in total. The average Bonchev–Trinajstić information content (AvgIpc) is 2.27. The van der Waals surface area contributed by atoms with Crippen LogP contribution in [0, 0.1) is 11.8 Å². The molecule has 2 unspecified atom stereocenters. The second-order valence-electron chi connectivity index (χ2n) is 5.18. The lowest BCUT2D eigenvalue weighted by atomic mass is 9.79. The second-order valence-corrected chi connectivity index (χ2v) is 5.18. The van der Waals surface area contributed by atoms with Crippen LogP contribution in [0.1, 0.15) is 20.8 Å². The van der Waals surface area contributed by atoms with Gasteiger partial charge in [0, 0.05) is 24.9 Å². The van der Waals surface area contributed by atoms with Crippen molar-refractivity contribution in [3.05, 3.63) is 0 Å². The topological polar surface area (TPSA) is 63.9 Å². The Balaban J connectivity index is 2.84. The van der Waals surface area contributed by atoms with Crippen molar-refractivity contribution in [3.63, 3.8) is 0 Å². The Labute approximate surface area is 85.2 Å². The molecule has 1 aliphatic rings. The fraction of sp³-hybridized carbons (Fsp3) is 1.00. The maximum Gasteiger partial charge on any atom is 0.164 e. The van der Waals surface area contributed by atoms with Crippen molar-refractivity contribution in [1.82, 2.24) is 4.90 Å². The Kier molecular flexibility index (Phi) is 2.94. The van der Waals surface area contributed by atoms with Gasteiger partial charge in [0.1, 0.15) is 0 Å². The largest absolute Gasteiger partial charge is 0.390 e. The van der Waals surface area contributed by atoms with Gasteiger partial charge in [0.05, 0.1) is 5.60 Å². The Bertz CT molecular complexity index is 182. The van der Waals surface area contributed by atoms with Crippen molar-refractivity contribution in [3.8, 4) is 0 Å². The number of aliphatic hydroxyl groups is 3. The molecule has 1 saturated heterocycles. The summed E-state index contributed by atoms with van der Waals surface area (Å²) in [7, 11) is 1.92. The van der Waals surface area contributed by atoms with E-state index in [-0.39, 0.29) is 11.8 Å². The van der Waals surface area contributed by atoms with Gasteiger partial charge in [-0.05, 0) is 27.8 Å². The van der Waals surface area contributed by atoms with Crippen LogP contribution in [0.2, 0.25) is 0 Å². The van der Waals surface area contributed by atoms with Gasteiger partial charge in [0.2, 0.25) is 0 Å². The third kappa shape index (κ3) is 2.45. The zero-order valence-corrected chi connectivity index (χ0v) is 9.36. The summed E-state index contributed by atoms with van der Waals surface area (Å²) in [6.45, 7) is 6.13. The van der Waals surface area contributed by atoms with E-state index in [1.807, 2.05) is 11.9 Å². The zero-order valence-electron chi connectivity index (χ0n) is 9.36. The molecular formula is C10H21NO3. The van der Waals surface area contributed by atoms with Gasteiger partial charge in [0.25, 0.3) is 0 Å². The Hall–Kier alpha value is -0.160. The van der Waals surface area contributed by atoms with Gasteiger partial charge in [-0.3, -0.25) is 0 Å². The molecule has 0 saturated carbocycles. The molecule has 0 aliphatic carbocycles. The second kappa shape index (κ2) is 3.45. The van der Waals surface area contributed by atoms with Gasteiger partial charge in [-0.2, -0.15) is 0 Å². The molecule has 2 atom stereocenters. The van der Waals surface area contributed by atoms with Crippen LogP contribution in [-0.4, -0.2) is 51.7 Å². The van der Waals surface area contributed by atoms with Gasteiger partial charge in [-0.25, -0.2) is 0 Å². The number of likely N-dealkylation sites (tertiary alicyclic amines) is 1. The molecule has 0 aromatic rings. The van der Waals surface area contributed by atoms with Crippen LogP contribution in [0.4, 0.5) is 0 Å². The predicted octanol–water partition coefficient (Wildman–Crippen LogP) is -0.364. The highest BCUT2D eigenvalue weighted by atomic mass is 16.5. The quantitative estimate of drug-likeness (QED) is 0.536. The maximum atomic E-state index is 9.92. The van der Waals surface area contributed by atoms with Crippen molar-refractivity contribution in [2.24, 2.45) is 11.8 Å². The van der Waals surface area contributed by atoms with Gasteiger partial charge in [0.15, 0.2) is 5.79 Å². The molecule has 84 valence electrons. The third-order valence-corrected chi connectivity index (χ3v) is 3.11. The molecule has 1 fully saturated rings. The van der Waals surface area contributed by atoms with Crippen LogP contribution >= 0.6 is 0 Å². The third-order valence-electron chi connectivity index (χ3n) is 3.11. The molecule has 1 heterocycles. The molecule has 4 nitrogen and oxygen atoms in total. The van der Waals surface area contributed by atoms with Crippen LogP contribution in [-0.2, 0) is 0 Å². The minimum absolute atomic E-state index is 0.104. The summed E-state index contributed by atoms with van der Waals surface area (Å²) in [5.74, 6) is -2.12. The molecule has 0 radical (unpaired) electrons. The Morgan fingerprint density at radius 2 is 1.43 bits per heavy atom. The highest BCUT2D eigenvalue weighted by Gasteiger charge is 2.47. The number of nitrogens with zero attached hydrogens (tertiary/aromatic N) is 1. The molecule has 4 heteroatoms. The summed E-state index contributed by atoms with van der Waals surface area (Å²) < 4.78 is 0. The molecule has 0 aromatic heterocycles. The number of hydrogen-bond acceptors (Lipinski definition) is 4. The minimum atomic E-state index is -1.71. The summed E-state index contributed by atoms with van der Waals surface area (Å²) in [5.41, 5.74) is -0.873. The summed E-state index contributed by atoms with van der Waals surface area (Å²) in [4.78, 5) is 2.01. The molecule has 14 heavy (non-hydrogen) atoms. The normalized spacial score (nSPS) is 31.1.